The molecular formula is C19H17N5O3S. The van der Waals surface area contributed by atoms with Crippen LogP contribution in [0.5, 0.6) is 0 Å². The fraction of sp³-hybridized carbons (Fsp3) is 0.158. The molecule has 9 heteroatoms. The number of nitrogens with zero attached hydrogens (tertiary/aromatic N) is 4. The van der Waals surface area contributed by atoms with Crippen LogP contribution in [-0.4, -0.2) is 52.0 Å². The molecule has 0 fully saturated rings. The van der Waals surface area contributed by atoms with Crippen LogP contribution in [0.2, 0.25) is 0 Å². The quantitative estimate of drug-likeness (QED) is 0.530. The number of hydrogen-bond donors (Lipinski definition) is 2. The van der Waals surface area contributed by atoms with E-state index in [0.717, 1.165) is 22.7 Å². The Kier molecular flexibility index (Phi) is 4.62. The molecule has 0 aliphatic carbocycles. The van der Waals surface area contributed by atoms with E-state index in [4.69, 9.17) is 0 Å². The van der Waals surface area contributed by atoms with E-state index in [9.17, 15) is 13.5 Å². The number of rotatable bonds is 5. The number of aliphatic hydroxyl groups is 1. The first-order valence-corrected chi connectivity index (χ1v) is 10.4. The number of aromatic nitrogens is 5. The van der Waals surface area contributed by atoms with Crippen molar-refractivity contribution in [3.8, 4) is 22.5 Å². The van der Waals surface area contributed by atoms with E-state index in [0.29, 0.717) is 16.7 Å². The minimum atomic E-state index is -3.64. The van der Waals surface area contributed by atoms with Gasteiger partial charge in [0.15, 0.2) is 9.84 Å². The number of aromatic amines is 1. The molecule has 4 aromatic rings. The predicted octanol–water partition coefficient (Wildman–Crippen LogP) is 2.02. The van der Waals surface area contributed by atoms with Gasteiger partial charge in [0.25, 0.3) is 0 Å². The summed E-state index contributed by atoms with van der Waals surface area (Å²) in [6, 6.07) is 13.0. The Labute approximate surface area is 161 Å². The molecule has 28 heavy (non-hydrogen) atoms. The van der Waals surface area contributed by atoms with Crippen LogP contribution in [0.3, 0.4) is 0 Å². The van der Waals surface area contributed by atoms with Gasteiger partial charge in [0, 0.05) is 30.0 Å². The smallest absolute Gasteiger partial charge is 0.206 e. The molecule has 4 rings (SSSR count). The van der Waals surface area contributed by atoms with Crippen LogP contribution >= 0.6 is 0 Å². The highest BCUT2D eigenvalue weighted by atomic mass is 32.2. The molecule has 8 nitrogen and oxygen atoms in total. The third-order valence-corrected chi connectivity index (χ3v) is 5.70. The van der Waals surface area contributed by atoms with Crippen LogP contribution in [-0.2, 0) is 16.3 Å². The number of hydrogen-bond acceptors (Lipinski definition) is 7. The minimum absolute atomic E-state index is 0.0985. The van der Waals surface area contributed by atoms with Crippen LogP contribution in [0, 0.1) is 0 Å². The third kappa shape index (κ3) is 3.14. The van der Waals surface area contributed by atoms with Gasteiger partial charge in [-0.3, -0.25) is 4.98 Å². The Balaban J connectivity index is 2.14. The van der Waals surface area contributed by atoms with E-state index in [2.05, 4.69) is 25.6 Å². The van der Waals surface area contributed by atoms with Crippen molar-refractivity contribution in [2.75, 3.05) is 12.9 Å². The van der Waals surface area contributed by atoms with Crippen molar-refractivity contribution < 1.29 is 13.5 Å². The first kappa shape index (κ1) is 18.2. The number of aliphatic hydroxyl groups excluding tert-OH is 1. The Morgan fingerprint density at radius 1 is 1.07 bits per heavy atom. The van der Waals surface area contributed by atoms with E-state index >= 15 is 0 Å². The average Bonchev–Trinajstić information content (AvgIpc) is 3.21. The van der Waals surface area contributed by atoms with Gasteiger partial charge in [0.1, 0.15) is 0 Å². The second-order valence-corrected chi connectivity index (χ2v) is 8.29. The van der Waals surface area contributed by atoms with E-state index < -0.39 is 9.84 Å². The molecule has 2 N–H and O–H groups in total. The summed E-state index contributed by atoms with van der Waals surface area (Å²) >= 11 is 0. The van der Waals surface area contributed by atoms with Gasteiger partial charge in [-0.15, -0.1) is 10.2 Å². The average molecular weight is 395 g/mol. The largest absolute Gasteiger partial charge is 0.396 e. The molecule has 0 spiro atoms. The molecule has 2 heterocycles. The normalized spacial score (nSPS) is 11.8. The lowest BCUT2D eigenvalue weighted by molar-refractivity contribution is 0.299. The molecular weight excluding hydrogens is 378 g/mol. The van der Waals surface area contributed by atoms with Gasteiger partial charge in [0.2, 0.25) is 5.82 Å². The SMILES string of the molecule is CS(=O)(=O)c1c(CCO)ccc(-c2cccc3ncccc23)c1-c1nn[nH]n1. The second-order valence-electron chi connectivity index (χ2n) is 6.33. The van der Waals surface area contributed by atoms with Crippen LogP contribution in [0.25, 0.3) is 33.4 Å². The molecule has 2 aromatic heterocycles. The monoisotopic (exact) mass is 395 g/mol. The van der Waals surface area contributed by atoms with Crippen molar-refractivity contribution in [1.82, 2.24) is 25.6 Å². The summed E-state index contributed by atoms with van der Waals surface area (Å²) in [6.07, 6.45) is 3.05. The summed E-state index contributed by atoms with van der Waals surface area (Å²) in [6.45, 7) is -0.175. The number of sulfone groups is 1. The van der Waals surface area contributed by atoms with Gasteiger partial charge in [-0.25, -0.2) is 8.42 Å². The van der Waals surface area contributed by atoms with Gasteiger partial charge in [-0.05, 0) is 40.5 Å². The van der Waals surface area contributed by atoms with Crippen molar-refractivity contribution >= 4 is 20.7 Å². The first-order chi connectivity index (χ1) is 13.5. The lowest BCUT2D eigenvalue weighted by atomic mass is 9.93. The third-order valence-electron chi connectivity index (χ3n) is 4.50. The Hall–Kier alpha value is -3.17. The summed E-state index contributed by atoms with van der Waals surface area (Å²) in [5.74, 6) is 0.177. The van der Waals surface area contributed by atoms with Crippen molar-refractivity contribution in [2.24, 2.45) is 0 Å². The summed E-state index contributed by atoms with van der Waals surface area (Å²) in [4.78, 5) is 4.48. The number of benzene rings is 2. The van der Waals surface area contributed by atoms with E-state index in [1.54, 1.807) is 12.3 Å². The number of nitrogens with one attached hydrogen (secondary N) is 1. The molecule has 0 radical (unpaired) electrons. The Bertz CT molecular complexity index is 1250. The van der Waals surface area contributed by atoms with Gasteiger partial charge in [-0.1, -0.05) is 30.3 Å². The van der Waals surface area contributed by atoms with Crippen LogP contribution in [0.4, 0.5) is 0 Å². The molecule has 0 unspecified atom stereocenters. The van der Waals surface area contributed by atoms with Crippen molar-refractivity contribution in [1.29, 1.82) is 0 Å². The Morgan fingerprint density at radius 2 is 1.93 bits per heavy atom. The van der Waals surface area contributed by atoms with Crippen molar-refractivity contribution in [3.05, 3.63) is 54.2 Å². The van der Waals surface area contributed by atoms with Crippen LogP contribution in [0.15, 0.2) is 53.6 Å². The number of H-pyrrole nitrogens is 1. The second kappa shape index (κ2) is 7.10. The van der Waals surface area contributed by atoms with Crippen molar-refractivity contribution in [3.63, 3.8) is 0 Å². The lowest BCUT2D eigenvalue weighted by Crippen LogP contribution is -2.08. The molecule has 0 bridgehead atoms. The molecule has 0 atom stereocenters. The maximum atomic E-state index is 12.7. The van der Waals surface area contributed by atoms with E-state index in [1.807, 2.05) is 36.4 Å². The number of pyridine rings is 1. The van der Waals surface area contributed by atoms with Gasteiger partial charge in [0.05, 0.1) is 10.4 Å². The van der Waals surface area contributed by atoms with Gasteiger partial charge in [-0.2, -0.15) is 5.21 Å². The predicted molar refractivity (Wildman–Crippen MR) is 104 cm³/mol. The van der Waals surface area contributed by atoms with E-state index in [-0.39, 0.29) is 23.7 Å². The molecule has 0 amide bonds. The Morgan fingerprint density at radius 3 is 2.64 bits per heavy atom. The van der Waals surface area contributed by atoms with Gasteiger partial charge < -0.3 is 5.11 Å². The zero-order valence-corrected chi connectivity index (χ0v) is 15.8. The van der Waals surface area contributed by atoms with Crippen molar-refractivity contribution in [2.45, 2.75) is 11.3 Å². The fourth-order valence-corrected chi connectivity index (χ4v) is 4.64. The zero-order chi connectivity index (χ0) is 19.7. The highest BCUT2D eigenvalue weighted by Gasteiger charge is 2.26. The fourth-order valence-electron chi connectivity index (χ4n) is 3.42. The topological polar surface area (TPSA) is 122 Å². The summed E-state index contributed by atoms with van der Waals surface area (Å²) in [5, 5.41) is 24.4. The van der Waals surface area contributed by atoms with E-state index in [1.165, 1.54) is 0 Å². The number of fused-ring (bicyclic) bond motifs is 1. The first-order valence-electron chi connectivity index (χ1n) is 8.55. The minimum Gasteiger partial charge on any atom is -0.396 e. The number of tetrazole rings is 1. The van der Waals surface area contributed by atoms with Gasteiger partial charge >= 0.3 is 0 Å². The highest BCUT2D eigenvalue weighted by Crippen LogP contribution is 2.39. The summed E-state index contributed by atoms with van der Waals surface area (Å²) in [7, 11) is -3.64. The van der Waals surface area contributed by atoms with Crippen LogP contribution in [0.1, 0.15) is 5.56 Å². The van der Waals surface area contributed by atoms with Crippen LogP contribution < -0.4 is 0 Å². The standard InChI is InChI=1S/C19H17N5O3S/c1-28(26,27)18-12(9-11-25)7-8-15(17(18)19-21-23-24-22-19)13-4-2-6-16-14(13)5-3-10-20-16/h2-8,10,25H,9,11H2,1H3,(H,21,22,23,24). The zero-order valence-electron chi connectivity index (χ0n) is 15.0. The molecule has 142 valence electrons. The summed E-state index contributed by atoms with van der Waals surface area (Å²) in [5.41, 5.74) is 3.12. The maximum Gasteiger partial charge on any atom is 0.206 e. The molecule has 0 saturated carbocycles. The highest BCUT2D eigenvalue weighted by molar-refractivity contribution is 7.91. The molecule has 2 aromatic carbocycles. The summed E-state index contributed by atoms with van der Waals surface area (Å²) < 4.78 is 25.4. The molecule has 0 aliphatic rings. The maximum absolute atomic E-state index is 12.7. The lowest BCUT2D eigenvalue weighted by Gasteiger charge is -2.17. The molecule has 0 aliphatic heterocycles. The molecule has 0 saturated heterocycles.